The molecule has 0 radical (unpaired) electrons. The van der Waals surface area contributed by atoms with Crippen LogP contribution in [0.3, 0.4) is 0 Å². The van der Waals surface area contributed by atoms with Crippen LogP contribution in [0, 0.1) is 5.41 Å². The molecule has 1 aliphatic rings. The molecule has 1 fully saturated rings. The molecule has 1 unspecified atom stereocenters. The van der Waals surface area contributed by atoms with Gasteiger partial charge < -0.3 is 10.2 Å². The number of amides is 2. The van der Waals surface area contributed by atoms with Crippen LogP contribution in [0.25, 0.3) is 0 Å². The number of nitrogens with zero attached hydrogens (tertiary/aromatic N) is 3. The van der Waals surface area contributed by atoms with Gasteiger partial charge in [0, 0.05) is 25.4 Å². The Morgan fingerprint density at radius 1 is 1.30 bits per heavy atom. The van der Waals surface area contributed by atoms with Crippen LogP contribution in [-0.2, 0) is 16.1 Å². The zero-order valence-electron chi connectivity index (χ0n) is 12.1. The lowest BCUT2D eigenvalue weighted by Crippen LogP contribution is -2.51. The number of hydrogen-bond donors (Lipinski definition) is 1. The van der Waals surface area contributed by atoms with Gasteiger partial charge in [-0.05, 0) is 11.5 Å². The number of carbonyl (C=O) groups is 2. The fourth-order valence-electron chi connectivity index (χ4n) is 2.15. The Morgan fingerprint density at radius 3 is 2.55 bits per heavy atom. The monoisotopic (exact) mass is 276 g/mol. The zero-order chi connectivity index (χ0) is 14.8. The Hall–Kier alpha value is -1.98. The summed E-state index contributed by atoms with van der Waals surface area (Å²) in [5.41, 5.74) is -0.327. The largest absolute Gasteiger partial charge is 0.344 e. The Morgan fingerprint density at radius 2 is 1.95 bits per heavy atom. The average molecular weight is 276 g/mol. The molecule has 108 valence electrons. The summed E-state index contributed by atoms with van der Waals surface area (Å²) < 4.78 is 0. The van der Waals surface area contributed by atoms with Crippen molar-refractivity contribution < 1.29 is 9.59 Å². The maximum atomic E-state index is 12.6. The highest BCUT2D eigenvalue weighted by Gasteiger charge is 2.37. The fourth-order valence-corrected chi connectivity index (χ4v) is 2.15. The molecule has 0 bridgehead atoms. The van der Waals surface area contributed by atoms with Gasteiger partial charge in [0.2, 0.25) is 11.8 Å². The number of hydrogen-bond acceptors (Lipinski definition) is 4. The van der Waals surface area contributed by atoms with Gasteiger partial charge in [-0.25, -0.2) is 9.97 Å². The highest BCUT2D eigenvalue weighted by Crippen LogP contribution is 2.23. The van der Waals surface area contributed by atoms with Crippen LogP contribution in [0.15, 0.2) is 18.5 Å². The summed E-state index contributed by atoms with van der Waals surface area (Å²) >= 11 is 0. The van der Waals surface area contributed by atoms with Crippen molar-refractivity contribution in [2.45, 2.75) is 39.8 Å². The van der Waals surface area contributed by atoms with Crippen molar-refractivity contribution in [3.63, 3.8) is 0 Å². The molecule has 6 heteroatoms. The predicted molar refractivity (Wildman–Crippen MR) is 73.5 cm³/mol. The molecule has 0 spiro atoms. The Kier molecular flexibility index (Phi) is 4.01. The number of nitrogens with one attached hydrogen (secondary N) is 1. The predicted octanol–water partition coefficient (Wildman–Crippen LogP) is 0.740. The number of rotatable bonds is 2. The molecule has 0 saturated carbocycles. The molecule has 1 atom stereocenters. The maximum absolute atomic E-state index is 12.6. The molecule has 20 heavy (non-hydrogen) atoms. The van der Waals surface area contributed by atoms with E-state index in [1.165, 1.54) is 0 Å². The first-order chi connectivity index (χ1) is 9.38. The number of aromatic nitrogens is 2. The lowest BCUT2D eigenvalue weighted by Gasteiger charge is -2.32. The minimum Gasteiger partial charge on any atom is -0.344 e. The van der Waals surface area contributed by atoms with Crippen LogP contribution in [0.1, 0.15) is 33.0 Å². The highest BCUT2D eigenvalue weighted by atomic mass is 16.2. The zero-order valence-corrected chi connectivity index (χ0v) is 12.1. The molecular weight excluding hydrogens is 256 g/mol. The van der Waals surface area contributed by atoms with Gasteiger partial charge in [-0.1, -0.05) is 20.8 Å². The van der Waals surface area contributed by atoms with Crippen LogP contribution in [0.5, 0.6) is 0 Å². The first kappa shape index (κ1) is 14.4. The molecule has 1 aromatic rings. The van der Waals surface area contributed by atoms with E-state index in [1.54, 1.807) is 23.4 Å². The normalized spacial score (nSPS) is 20.6. The van der Waals surface area contributed by atoms with Gasteiger partial charge in [0.15, 0.2) is 0 Å². The van der Waals surface area contributed by atoms with E-state index in [-0.39, 0.29) is 17.2 Å². The minimum atomic E-state index is -0.513. The van der Waals surface area contributed by atoms with Crippen molar-refractivity contribution >= 4 is 11.8 Å². The second kappa shape index (κ2) is 5.56. The molecule has 1 saturated heterocycles. The number of carbonyl (C=O) groups excluding carboxylic acids is 2. The van der Waals surface area contributed by atoms with Crippen molar-refractivity contribution in [3.8, 4) is 0 Å². The summed E-state index contributed by atoms with van der Waals surface area (Å²) in [5, 5.41) is 2.81. The Labute approximate surface area is 118 Å². The van der Waals surface area contributed by atoms with Gasteiger partial charge in [-0.2, -0.15) is 0 Å². The van der Waals surface area contributed by atoms with Gasteiger partial charge in [0.05, 0.1) is 6.54 Å². The molecule has 2 amide bonds. The summed E-state index contributed by atoms with van der Waals surface area (Å²) in [7, 11) is 0. The van der Waals surface area contributed by atoms with Gasteiger partial charge in [-0.3, -0.25) is 9.59 Å². The fraction of sp³-hybridized carbons (Fsp3) is 0.571. The van der Waals surface area contributed by atoms with Crippen molar-refractivity contribution in [2.75, 3.05) is 6.54 Å². The van der Waals surface area contributed by atoms with Crippen LogP contribution in [0.2, 0.25) is 0 Å². The summed E-state index contributed by atoms with van der Waals surface area (Å²) in [5.74, 6) is 0.424. The molecule has 1 N–H and O–H groups in total. The summed E-state index contributed by atoms with van der Waals surface area (Å²) in [6, 6.07) is 1.22. The smallest absolute Gasteiger partial charge is 0.246 e. The quantitative estimate of drug-likeness (QED) is 0.864. The van der Waals surface area contributed by atoms with Crippen LogP contribution in [-0.4, -0.2) is 39.3 Å². The van der Waals surface area contributed by atoms with Gasteiger partial charge in [-0.15, -0.1) is 0 Å². The second-order valence-corrected chi connectivity index (χ2v) is 6.04. The van der Waals surface area contributed by atoms with Crippen LogP contribution >= 0.6 is 0 Å². The van der Waals surface area contributed by atoms with Gasteiger partial charge in [0.25, 0.3) is 0 Å². The lowest BCUT2D eigenvalue weighted by molar-refractivity contribution is -0.137. The van der Waals surface area contributed by atoms with Crippen LogP contribution < -0.4 is 5.32 Å². The molecule has 2 rings (SSSR count). The van der Waals surface area contributed by atoms with Crippen molar-refractivity contribution in [1.82, 2.24) is 20.2 Å². The first-order valence-electron chi connectivity index (χ1n) is 6.72. The summed E-state index contributed by atoms with van der Waals surface area (Å²) in [6.45, 7) is 6.56. The van der Waals surface area contributed by atoms with E-state index in [0.717, 1.165) is 0 Å². The summed E-state index contributed by atoms with van der Waals surface area (Å²) in [4.78, 5) is 34.3. The molecule has 6 nitrogen and oxygen atoms in total. The molecule has 2 heterocycles. The molecule has 1 aliphatic heterocycles. The molecule has 1 aromatic heterocycles. The SMILES string of the molecule is CC(C)(C)C1NC(=O)CCN(Cc2ncccn2)C1=O. The first-order valence-corrected chi connectivity index (χ1v) is 6.72. The maximum Gasteiger partial charge on any atom is 0.246 e. The van der Waals surface area contributed by atoms with E-state index in [1.807, 2.05) is 20.8 Å². The summed E-state index contributed by atoms with van der Waals surface area (Å²) in [6.07, 6.45) is 3.61. The third-order valence-corrected chi connectivity index (χ3v) is 3.29. The molecule has 0 aliphatic carbocycles. The van der Waals surface area contributed by atoms with Crippen molar-refractivity contribution in [2.24, 2.45) is 5.41 Å². The molecule has 0 aromatic carbocycles. The van der Waals surface area contributed by atoms with Crippen molar-refractivity contribution in [1.29, 1.82) is 0 Å². The molecular formula is C14H20N4O2. The average Bonchev–Trinajstić information content (AvgIpc) is 2.52. The van der Waals surface area contributed by atoms with Gasteiger partial charge >= 0.3 is 0 Å². The van der Waals surface area contributed by atoms with Crippen molar-refractivity contribution in [3.05, 3.63) is 24.3 Å². The van der Waals surface area contributed by atoms with E-state index in [0.29, 0.717) is 25.3 Å². The van der Waals surface area contributed by atoms with Crippen LogP contribution in [0.4, 0.5) is 0 Å². The second-order valence-electron chi connectivity index (χ2n) is 6.04. The van der Waals surface area contributed by atoms with E-state index in [9.17, 15) is 9.59 Å². The minimum absolute atomic E-state index is 0.0733. The third-order valence-electron chi connectivity index (χ3n) is 3.29. The van der Waals surface area contributed by atoms with E-state index >= 15 is 0 Å². The standard InChI is InChI=1S/C14H20N4O2/c1-14(2,3)12-13(20)18(8-5-11(19)17-12)9-10-15-6-4-7-16-10/h4,6-7,12H,5,8-9H2,1-3H3,(H,17,19). The Balaban J connectivity index is 2.20. The topological polar surface area (TPSA) is 75.2 Å². The lowest BCUT2D eigenvalue weighted by atomic mass is 9.86. The van der Waals surface area contributed by atoms with E-state index in [4.69, 9.17) is 0 Å². The Bertz CT molecular complexity index is 496. The van der Waals surface area contributed by atoms with E-state index in [2.05, 4.69) is 15.3 Å². The third kappa shape index (κ3) is 3.31. The highest BCUT2D eigenvalue weighted by molar-refractivity contribution is 5.90. The van der Waals surface area contributed by atoms with Gasteiger partial charge in [0.1, 0.15) is 11.9 Å². The van der Waals surface area contributed by atoms with E-state index < -0.39 is 6.04 Å².